The van der Waals surface area contributed by atoms with Crippen molar-refractivity contribution < 1.29 is 22.8 Å². The molecule has 0 saturated heterocycles. The molecule has 1 heterocycles. The number of carbonyl (C=O) groups excluding carboxylic acids is 2. The summed E-state index contributed by atoms with van der Waals surface area (Å²) in [5, 5.41) is 9.26. The molecular formula is C15H18F3N5O2. The monoisotopic (exact) mass is 357 g/mol. The first-order valence-electron chi connectivity index (χ1n) is 7.33. The summed E-state index contributed by atoms with van der Waals surface area (Å²) in [5.41, 5.74) is 3.75. The Labute approximate surface area is 141 Å². The molecule has 0 aliphatic carbocycles. The number of rotatable bonds is 3. The van der Waals surface area contributed by atoms with Crippen molar-refractivity contribution >= 4 is 28.7 Å². The first kappa shape index (κ1) is 18.6. The Morgan fingerprint density at radius 1 is 1.24 bits per heavy atom. The van der Waals surface area contributed by atoms with E-state index in [9.17, 15) is 22.8 Å². The lowest BCUT2D eigenvalue weighted by Crippen LogP contribution is -2.43. The highest BCUT2D eigenvalue weighted by Gasteiger charge is 2.31. The fraction of sp³-hybridized carbons (Fsp3) is 0.400. The third-order valence-corrected chi connectivity index (χ3v) is 3.11. The summed E-state index contributed by atoms with van der Waals surface area (Å²) >= 11 is 0. The van der Waals surface area contributed by atoms with Crippen LogP contribution in [0.2, 0.25) is 0 Å². The van der Waals surface area contributed by atoms with Crippen LogP contribution in [-0.4, -0.2) is 33.8 Å². The van der Waals surface area contributed by atoms with E-state index in [1.54, 1.807) is 20.8 Å². The quantitative estimate of drug-likeness (QED) is 0.784. The summed E-state index contributed by atoms with van der Waals surface area (Å²) < 4.78 is 39.8. The summed E-state index contributed by atoms with van der Waals surface area (Å²) in [4.78, 5) is 23.3. The summed E-state index contributed by atoms with van der Waals surface area (Å²) in [6.45, 7) is 4.93. The van der Waals surface area contributed by atoms with Gasteiger partial charge in [0.1, 0.15) is 0 Å². The van der Waals surface area contributed by atoms with Crippen molar-refractivity contribution in [2.24, 2.45) is 5.73 Å². The van der Waals surface area contributed by atoms with E-state index >= 15 is 0 Å². The molecule has 0 spiro atoms. The zero-order chi connectivity index (χ0) is 19.0. The number of benzene rings is 1. The van der Waals surface area contributed by atoms with Gasteiger partial charge in [-0.3, -0.25) is 4.79 Å². The predicted molar refractivity (Wildman–Crippen MR) is 86.1 cm³/mol. The van der Waals surface area contributed by atoms with Crippen LogP contribution in [0.3, 0.4) is 0 Å². The van der Waals surface area contributed by atoms with Gasteiger partial charge in [0.25, 0.3) is 0 Å². The van der Waals surface area contributed by atoms with E-state index in [0.29, 0.717) is 0 Å². The zero-order valence-electron chi connectivity index (χ0n) is 13.9. The maximum Gasteiger partial charge on any atom is 0.416 e. The number of nitrogens with two attached hydrogens (primary N) is 1. The molecule has 2 amide bonds. The molecule has 0 unspecified atom stereocenters. The van der Waals surface area contributed by atoms with Gasteiger partial charge in [0.2, 0.25) is 5.91 Å². The van der Waals surface area contributed by atoms with E-state index in [-0.39, 0.29) is 23.3 Å². The third kappa shape index (κ3) is 4.40. The van der Waals surface area contributed by atoms with Crippen LogP contribution >= 0.6 is 0 Å². The SMILES string of the molecule is CC(C)(C)NC(=O)n1nc(NCC(N)=O)c2cc(C(F)(F)F)ccc21. The van der Waals surface area contributed by atoms with Crippen molar-refractivity contribution in [1.29, 1.82) is 0 Å². The minimum absolute atomic E-state index is 0.0380. The standard InChI is InChI=1S/C15H18F3N5O2/c1-14(2,3)21-13(25)23-10-5-4-8(15(16,17)18)6-9(10)12(22-23)20-7-11(19)24/h4-6H,7H2,1-3H3,(H2,19,24)(H,20,22)(H,21,25). The molecule has 0 bridgehead atoms. The Bertz CT molecular complexity index is 821. The van der Waals surface area contributed by atoms with Gasteiger partial charge < -0.3 is 16.4 Å². The van der Waals surface area contributed by atoms with Crippen LogP contribution in [0.5, 0.6) is 0 Å². The highest BCUT2D eigenvalue weighted by molar-refractivity contribution is 5.98. The van der Waals surface area contributed by atoms with Gasteiger partial charge in [-0.1, -0.05) is 0 Å². The van der Waals surface area contributed by atoms with Crippen LogP contribution in [-0.2, 0) is 11.0 Å². The molecule has 10 heteroatoms. The van der Waals surface area contributed by atoms with Gasteiger partial charge in [0, 0.05) is 10.9 Å². The number of carbonyl (C=O) groups is 2. The maximum absolute atomic E-state index is 12.9. The Balaban J connectivity index is 2.56. The number of fused-ring (bicyclic) bond motifs is 1. The van der Waals surface area contributed by atoms with E-state index in [1.807, 2.05) is 0 Å². The van der Waals surface area contributed by atoms with Gasteiger partial charge in [0.05, 0.1) is 17.6 Å². The van der Waals surface area contributed by atoms with Crippen molar-refractivity contribution in [2.45, 2.75) is 32.5 Å². The number of nitrogens with one attached hydrogen (secondary N) is 2. The molecule has 2 aromatic rings. The fourth-order valence-corrected chi connectivity index (χ4v) is 2.12. The number of alkyl halides is 3. The maximum atomic E-state index is 12.9. The number of anilines is 1. The normalized spacial score (nSPS) is 12.2. The average molecular weight is 357 g/mol. The Morgan fingerprint density at radius 3 is 2.40 bits per heavy atom. The lowest BCUT2D eigenvalue weighted by molar-refractivity contribution is -0.137. The van der Waals surface area contributed by atoms with E-state index in [4.69, 9.17) is 5.73 Å². The molecule has 2 rings (SSSR count). The van der Waals surface area contributed by atoms with Crippen LogP contribution in [0.1, 0.15) is 26.3 Å². The van der Waals surface area contributed by atoms with Gasteiger partial charge in [-0.25, -0.2) is 4.79 Å². The molecule has 0 atom stereocenters. The number of aromatic nitrogens is 2. The third-order valence-electron chi connectivity index (χ3n) is 3.11. The minimum atomic E-state index is -4.55. The highest BCUT2D eigenvalue weighted by atomic mass is 19.4. The van der Waals surface area contributed by atoms with Crippen LogP contribution < -0.4 is 16.4 Å². The highest BCUT2D eigenvalue weighted by Crippen LogP contribution is 2.33. The van der Waals surface area contributed by atoms with Gasteiger partial charge in [0.15, 0.2) is 5.82 Å². The molecule has 4 N–H and O–H groups in total. The first-order chi connectivity index (χ1) is 11.4. The molecule has 7 nitrogen and oxygen atoms in total. The molecule has 1 aromatic heterocycles. The molecule has 0 radical (unpaired) electrons. The van der Waals surface area contributed by atoms with Crippen molar-refractivity contribution in [3.05, 3.63) is 23.8 Å². The molecule has 0 aliphatic heterocycles. The molecule has 0 saturated carbocycles. The second-order valence-electron chi connectivity index (χ2n) is 6.49. The summed E-state index contributed by atoms with van der Waals surface area (Å²) in [6, 6.07) is 2.28. The van der Waals surface area contributed by atoms with Crippen LogP contribution in [0.4, 0.5) is 23.8 Å². The smallest absolute Gasteiger partial charge is 0.368 e. The topological polar surface area (TPSA) is 102 Å². The summed E-state index contributed by atoms with van der Waals surface area (Å²) in [6.07, 6.45) is -4.55. The minimum Gasteiger partial charge on any atom is -0.368 e. The predicted octanol–water partition coefficient (Wildman–Crippen LogP) is 2.31. The number of amides is 2. The lowest BCUT2D eigenvalue weighted by atomic mass is 10.1. The average Bonchev–Trinajstić information content (AvgIpc) is 2.80. The molecule has 0 fully saturated rings. The Hall–Kier alpha value is -2.78. The Morgan fingerprint density at radius 2 is 1.88 bits per heavy atom. The van der Waals surface area contributed by atoms with Gasteiger partial charge in [-0.15, -0.1) is 5.10 Å². The summed E-state index contributed by atoms with van der Waals surface area (Å²) in [7, 11) is 0. The number of nitrogens with zero attached hydrogens (tertiary/aromatic N) is 2. The van der Waals surface area contributed by atoms with E-state index < -0.39 is 29.2 Å². The largest absolute Gasteiger partial charge is 0.416 e. The van der Waals surface area contributed by atoms with E-state index in [1.165, 1.54) is 0 Å². The molecule has 25 heavy (non-hydrogen) atoms. The number of hydrogen-bond acceptors (Lipinski definition) is 4. The van der Waals surface area contributed by atoms with Crippen LogP contribution in [0.25, 0.3) is 10.9 Å². The van der Waals surface area contributed by atoms with Crippen molar-refractivity contribution in [3.63, 3.8) is 0 Å². The molecule has 136 valence electrons. The van der Waals surface area contributed by atoms with Gasteiger partial charge in [-0.2, -0.15) is 17.9 Å². The zero-order valence-corrected chi connectivity index (χ0v) is 13.9. The van der Waals surface area contributed by atoms with E-state index in [2.05, 4.69) is 15.7 Å². The lowest BCUT2D eigenvalue weighted by Gasteiger charge is -2.20. The second-order valence-corrected chi connectivity index (χ2v) is 6.49. The molecule has 0 aliphatic rings. The van der Waals surface area contributed by atoms with Crippen LogP contribution in [0.15, 0.2) is 18.2 Å². The first-order valence-corrected chi connectivity index (χ1v) is 7.33. The van der Waals surface area contributed by atoms with Gasteiger partial charge in [-0.05, 0) is 39.0 Å². The number of primary amides is 1. The number of hydrogen-bond donors (Lipinski definition) is 3. The van der Waals surface area contributed by atoms with Gasteiger partial charge >= 0.3 is 12.2 Å². The number of halogens is 3. The summed E-state index contributed by atoms with van der Waals surface area (Å²) in [5.74, 6) is -0.752. The Kier molecular flexibility index (Phi) is 4.65. The van der Waals surface area contributed by atoms with Crippen molar-refractivity contribution in [2.75, 3.05) is 11.9 Å². The molecular weight excluding hydrogens is 339 g/mol. The molecule has 1 aromatic carbocycles. The van der Waals surface area contributed by atoms with E-state index in [0.717, 1.165) is 22.9 Å². The van der Waals surface area contributed by atoms with Crippen molar-refractivity contribution in [1.82, 2.24) is 15.1 Å². The van der Waals surface area contributed by atoms with Crippen molar-refractivity contribution in [3.8, 4) is 0 Å². The fourth-order valence-electron chi connectivity index (χ4n) is 2.12. The second kappa shape index (κ2) is 6.26. The van der Waals surface area contributed by atoms with Crippen LogP contribution in [0, 0.1) is 0 Å².